The van der Waals surface area contributed by atoms with Crippen LogP contribution in [0.2, 0.25) is 0 Å². The zero-order valence-corrected chi connectivity index (χ0v) is 11.4. The number of anilines is 1. The second-order valence-corrected chi connectivity index (χ2v) is 4.79. The summed E-state index contributed by atoms with van der Waals surface area (Å²) in [5, 5.41) is 2.26. The van der Waals surface area contributed by atoms with E-state index in [1.807, 2.05) is 37.3 Å². The van der Waals surface area contributed by atoms with Gasteiger partial charge in [-0.25, -0.2) is 13.2 Å². The highest BCUT2D eigenvalue weighted by molar-refractivity contribution is 5.91. The summed E-state index contributed by atoms with van der Waals surface area (Å²) in [6.45, 7) is 1.86. The zero-order valence-electron chi connectivity index (χ0n) is 11.4. The minimum absolute atomic E-state index is 0.0699. The van der Waals surface area contributed by atoms with Crippen LogP contribution in [0, 0.1) is 17.5 Å². The molecule has 0 radical (unpaired) electrons. The van der Waals surface area contributed by atoms with Crippen LogP contribution in [0.25, 0.3) is 0 Å². The Bertz CT molecular complexity index is 643. The van der Waals surface area contributed by atoms with E-state index in [2.05, 4.69) is 5.32 Å². The van der Waals surface area contributed by atoms with Gasteiger partial charge < -0.3 is 5.32 Å². The number of amides is 1. The van der Waals surface area contributed by atoms with Crippen molar-refractivity contribution >= 4 is 11.6 Å². The maximum absolute atomic E-state index is 13.5. The average Bonchev–Trinajstić information content (AvgIpc) is 2.49. The Morgan fingerprint density at radius 1 is 1.05 bits per heavy atom. The lowest BCUT2D eigenvalue weighted by molar-refractivity contribution is -0.116. The second kappa shape index (κ2) is 6.43. The third kappa shape index (κ3) is 3.62. The van der Waals surface area contributed by atoms with Crippen molar-refractivity contribution in [1.29, 1.82) is 0 Å². The molecule has 0 aliphatic heterocycles. The van der Waals surface area contributed by atoms with Crippen molar-refractivity contribution in [2.24, 2.45) is 0 Å². The Morgan fingerprint density at radius 3 is 2.38 bits per heavy atom. The first kappa shape index (κ1) is 15.1. The van der Waals surface area contributed by atoms with E-state index in [1.54, 1.807) is 0 Å². The van der Waals surface area contributed by atoms with Gasteiger partial charge in [0.15, 0.2) is 17.5 Å². The highest BCUT2D eigenvalue weighted by Gasteiger charge is 2.17. The van der Waals surface area contributed by atoms with E-state index in [0.29, 0.717) is 0 Å². The molecular weight excluding hydrogens is 279 g/mol. The molecule has 2 aromatic carbocycles. The van der Waals surface area contributed by atoms with Crippen LogP contribution >= 0.6 is 0 Å². The Balaban J connectivity index is 2.04. The fraction of sp³-hybridized carbons (Fsp3) is 0.188. The lowest BCUT2D eigenvalue weighted by Gasteiger charge is -2.12. The van der Waals surface area contributed by atoms with Crippen molar-refractivity contribution in [2.45, 2.75) is 19.3 Å². The Kier molecular flexibility index (Phi) is 4.62. The fourth-order valence-electron chi connectivity index (χ4n) is 2.00. The van der Waals surface area contributed by atoms with E-state index in [-0.39, 0.29) is 18.0 Å². The Labute approximate surface area is 120 Å². The van der Waals surface area contributed by atoms with Gasteiger partial charge in [0.1, 0.15) is 0 Å². The van der Waals surface area contributed by atoms with Crippen molar-refractivity contribution in [1.82, 2.24) is 0 Å². The van der Waals surface area contributed by atoms with Gasteiger partial charge in [0.25, 0.3) is 0 Å². The SMILES string of the molecule is CC(CC(=O)Nc1ccc(F)c(F)c1F)c1ccccc1. The van der Waals surface area contributed by atoms with Crippen LogP contribution in [0.5, 0.6) is 0 Å². The lowest BCUT2D eigenvalue weighted by Crippen LogP contribution is -2.16. The van der Waals surface area contributed by atoms with E-state index in [1.165, 1.54) is 0 Å². The number of hydrogen-bond acceptors (Lipinski definition) is 1. The van der Waals surface area contributed by atoms with Crippen LogP contribution in [0.4, 0.5) is 18.9 Å². The monoisotopic (exact) mass is 293 g/mol. The van der Waals surface area contributed by atoms with Crippen molar-refractivity contribution in [3.8, 4) is 0 Å². The van der Waals surface area contributed by atoms with Crippen LogP contribution in [0.15, 0.2) is 42.5 Å². The van der Waals surface area contributed by atoms with Gasteiger partial charge in [-0.2, -0.15) is 0 Å². The molecule has 110 valence electrons. The summed E-state index contributed by atoms with van der Waals surface area (Å²) < 4.78 is 39.3. The van der Waals surface area contributed by atoms with E-state index in [4.69, 9.17) is 0 Å². The van der Waals surface area contributed by atoms with Crippen LogP contribution < -0.4 is 5.32 Å². The number of nitrogens with one attached hydrogen (secondary N) is 1. The first-order valence-electron chi connectivity index (χ1n) is 6.47. The first-order chi connectivity index (χ1) is 9.99. The number of carbonyl (C=O) groups excluding carboxylic acids is 1. The molecule has 0 fully saturated rings. The van der Waals surface area contributed by atoms with Crippen LogP contribution in [0.3, 0.4) is 0 Å². The highest BCUT2D eigenvalue weighted by Crippen LogP contribution is 2.22. The minimum atomic E-state index is -1.59. The molecule has 0 aliphatic carbocycles. The average molecular weight is 293 g/mol. The molecule has 1 N–H and O–H groups in total. The van der Waals surface area contributed by atoms with Gasteiger partial charge in [-0.3, -0.25) is 4.79 Å². The van der Waals surface area contributed by atoms with Crippen molar-refractivity contribution in [2.75, 3.05) is 5.32 Å². The summed E-state index contributed by atoms with van der Waals surface area (Å²) in [6, 6.07) is 11.1. The molecular formula is C16H14F3NO. The Morgan fingerprint density at radius 2 is 1.71 bits per heavy atom. The molecule has 0 spiro atoms. The molecule has 0 saturated heterocycles. The molecule has 0 heterocycles. The number of halogens is 3. The van der Waals surface area contributed by atoms with Gasteiger partial charge in [-0.05, 0) is 23.6 Å². The number of carbonyl (C=O) groups is 1. The lowest BCUT2D eigenvalue weighted by atomic mass is 9.97. The molecule has 0 saturated carbocycles. The standard InChI is InChI=1S/C16H14F3NO/c1-10(11-5-3-2-4-6-11)9-14(21)20-13-8-7-12(17)15(18)16(13)19/h2-8,10H,9H2,1H3,(H,20,21). The van der Waals surface area contributed by atoms with Crippen LogP contribution in [-0.2, 0) is 4.79 Å². The van der Waals surface area contributed by atoms with Crippen molar-refractivity contribution in [3.63, 3.8) is 0 Å². The molecule has 0 aromatic heterocycles. The van der Waals surface area contributed by atoms with Crippen molar-refractivity contribution < 1.29 is 18.0 Å². The van der Waals surface area contributed by atoms with E-state index in [0.717, 1.165) is 17.7 Å². The number of benzene rings is 2. The molecule has 2 rings (SSSR count). The summed E-state index contributed by atoms with van der Waals surface area (Å²) in [4.78, 5) is 11.9. The molecule has 0 aliphatic rings. The smallest absolute Gasteiger partial charge is 0.225 e. The largest absolute Gasteiger partial charge is 0.323 e. The Hall–Kier alpha value is -2.30. The molecule has 1 amide bonds. The third-order valence-electron chi connectivity index (χ3n) is 3.17. The summed E-state index contributed by atoms with van der Waals surface area (Å²) in [6.07, 6.45) is 0.114. The van der Waals surface area contributed by atoms with Gasteiger partial charge >= 0.3 is 0 Å². The van der Waals surface area contributed by atoms with Crippen LogP contribution in [-0.4, -0.2) is 5.91 Å². The van der Waals surface area contributed by atoms with Gasteiger partial charge in [0, 0.05) is 6.42 Å². The van der Waals surface area contributed by atoms with E-state index < -0.39 is 23.4 Å². The normalized spacial score (nSPS) is 12.0. The van der Waals surface area contributed by atoms with E-state index in [9.17, 15) is 18.0 Å². The summed E-state index contributed by atoms with van der Waals surface area (Å²) >= 11 is 0. The van der Waals surface area contributed by atoms with Gasteiger partial charge in [0.05, 0.1) is 5.69 Å². The minimum Gasteiger partial charge on any atom is -0.323 e. The number of hydrogen-bond donors (Lipinski definition) is 1. The molecule has 1 unspecified atom stereocenters. The first-order valence-corrected chi connectivity index (χ1v) is 6.47. The summed E-state index contributed by atoms with van der Waals surface area (Å²) in [5.74, 6) is -4.81. The van der Waals surface area contributed by atoms with Gasteiger partial charge in [-0.1, -0.05) is 37.3 Å². The third-order valence-corrected chi connectivity index (χ3v) is 3.17. The second-order valence-electron chi connectivity index (χ2n) is 4.79. The molecule has 1 atom stereocenters. The zero-order chi connectivity index (χ0) is 15.4. The predicted octanol–water partition coefficient (Wildman–Crippen LogP) is 4.24. The highest BCUT2D eigenvalue weighted by atomic mass is 19.2. The fourth-order valence-corrected chi connectivity index (χ4v) is 2.00. The predicted molar refractivity (Wildman–Crippen MR) is 74.4 cm³/mol. The summed E-state index contributed by atoms with van der Waals surface area (Å²) in [7, 11) is 0. The van der Waals surface area contributed by atoms with Gasteiger partial charge in [0.2, 0.25) is 5.91 Å². The van der Waals surface area contributed by atoms with Crippen molar-refractivity contribution in [3.05, 3.63) is 65.5 Å². The van der Waals surface area contributed by atoms with E-state index >= 15 is 0 Å². The molecule has 21 heavy (non-hydrogen) atoms. The topological polar surface area (TPSA) is 29.1 Å². The quantitative estimate of drug-likeness (QED) is 0.839. The van der Waals surface area contributed by atoms with Crippen LogP contribution in [0.1, 0.15) is 24.8 Å². The summed E-state index contributed by atoms with van der Waals surface area (Å²) in [5.41, 5.74) is 0.609. The number of rotatable bonds is 4. The molecule has 2 nitrogen and oxygen atoms in total. The maximum atomic E-state index is 13.5. The maximum Gasteiger partial charge on any atom is 0.225 e. The van der Waals surface area contributed by atoms with Gasteiger partial charge in [-0.15, -0.1) is 0 Å². The molecule has 2 aromatic rings. The molecule has 0 bridgehead atoms. The molecule has 5 heteroatoms.